The van der Waals surface area contributed by atoms with Gasteiger partial charge in [-0.25, -0.2) is 0 Å². The molecule has 1 spiro atoms. The average molecular weight is 327 g/mol. The zero-order valence-electron chi connectivity index (χ0n) is 14.2. The van der Waals surface area contributed by atoms with Crippen LogP contribution in [0.2, 0.25) is 0 Å². The summed E-state index contributed by atoms with van der Waals surface area (Å²) in [6.07, 6.45) is 4.49. The Bertz CT molecular complexity index is 664. The lowest BCUT2D eigenvalue weighted by atomic mass is 9.69. The van der Waals surface area contributed by atoms with Crippen LogP contribution in [0.4, 0.5) is 5.69 Å². The zero-order valence-corrected chi connectivity index (χ0v) is 14.2. The number of para-hydroxylation sites is 1. The van der Waals surface area contributed by atoms with Crippen LogP contribution in [0.5, 0.6) is 0 Å². The number of rotatable bonds is 3. The minimum absolute atomic E-state index is 0.0336. The van der Waals surface area contributed by atoms with Gasteiger partial charge in [0, 0.05) is 24.8 Å². The molecule has 24 heavy (non-hydrogen) atoms. The van der Waals surface area contributed by atoms with Crippen LogP contribution in [0.15, 0.2) is 24.3 Å². The number of carbonyl (C=O) groups excluding carboxylic acids is 2. The molecule has 2 aliphatic heterocycles. The minimum Gasteiger partial charge on any atom is -0.342 e. The average Bonchev–Trinajstić information content (AvgIpc) is 3.08. The van der Waals surface area contributed by atoms with Crippen molar-refractivity contribution in [3.63, 3.8) is 0 Å². The summed E-state index contributed by atoms with van der Waals surface area (Å²) >= 11 is 0. The van der Waals surface area contributed by atoms with E-state index in [-0.39, 0.29) is 23.3 Å². The molecular weight excluding hydrogens is 302 g/mol. The normalized spacial score (nSPS) is 32.3. The summed E-state index contributed by atoms with van der Waals surface area (Å²) in [7, 11) is 0. The Kier molecular flexibility index (Phi) is 3.83. The van der Waals surface area contributed by atoms with Crippen molar-refractivity contribution < 1.29 is 9.59 Å². The van der Waals surface area contributed by atoms with Gasteiger partial charge in [-0.2, -0.15) is 0 Å². The Morgan fingerprint density at radius 2 is 1.96 bits per heavy atom. The largest absolute Gasteiger partial charge is 0.342 e. The number of anilines is 1. The molecule has 4 rings (SSSR count). The third kappa shape index (κ3) is 2.34. The number of likely N-dealkylation sites (tertiary alicyclic amines) is 1. The van der Waals surface area contributed by atoms with Gasteiger partial charge < -0.3 is 15.5 Å². The first-order chi connectivity index (χ1) is 11.6. The minimum atomic E-state index is -0.357. The van der Waals surface area contributed by atoms with E-state index >= 15 is 0 Å². The van der Waals surface area contributed by atoms with Crippen molar-refractivity contribution in [1.82, 2.24) is 10.2 Å². The molecule has 1 unspecified atom stereocenters. The highest BCUT2D eigenvalue weighted by Crippen LogP contribution is 2.47. The van der Waals surface area contributed by atoms with Gasteiger partial charge in [0.1, 0.15) is 0 Å². The number of likely N-dealkylation sites (N-methyl/N-ethyl adjacent to an activating group) is 1. The lowest BCUT2D eigenvalue weighted by Crippen LogP contribution is -2.48. The highest BCUT2D eigenvalue weighted by Gasteiger charge is 2.48. The third-order valence-corrected chi connectivity index (χ3v) is 6.08. The van der Waals surface area contributed by atoms with Gasteiger partial charge in [-0.1, -0.05) is 18.2 Å². The Balaban J connectivity index is 1.43. The third-order valence-electron chi connectivity index (χ3n) is 6.08. The molecule has 1 aromatic carbocycles. The van der Waals surface area contributed by atoms with Crippen molar-refractivity contribution in [2.24, 2.45) is 0 Å². The highest BCUT2D eigenvalue weighted by molar-refractivity contribution is 6.06. The van der Waals surface area contributed by atoms with Crippen molar-refractivity contribution in [2.45, 2.75) is 56.5 Å². The molecule has 5 nitrogen and oxygen atoms in total. The van der Waals surface area contributed by atoms with Crippen LogP contribution in [0.1, 0.15) is 44.6 Å². The molecule has 1 saturated carbocycles. The molecule has 0 aromatic heterocycles. The standard InChI is InChI=1S/C19H25N3O2/c1-2-22-12-9-16(17(22)23)20-13-7-10-19(11-8-13)14-5-3-4-6-15(14)21-18(19)24/h3-6,13,16,20H,2,7-12H2,1H3,(H,21,24). The number of amides is 2. The maximum atomic E-state index is 12.6. The van der Waals surface area contributed by atoms with Crippen molar-refractivity contribution in [2.75, 3.05) is 18.4 Å². The number of nitrogens with zero attached hydrogens (tertiary/aromatic N) is 1. The maximum absolute atomic E-state index is 12.6. The number of hydrogen-bond acceptors (Lipinski definition) is 3. The first kappa shape index (κ1) is 15.6. The van der Waals surface area contributed by atoms with Gasteiger partial charge in [0.2, 0.25) is 11.8 Å². The van der Waals surface area contributed by atoms with E-state index in [9.17, 15) is 9.59 Å². The molecule has 2 fully saturated rings. The Labute approximate surface area is 142 Å². The molecule has 5 heteroatoms. The van der Waals surface area contributed by atoms with E-state index < -0.39 is 0 Å². The highest BCUT2D eigenvalue weighted by atomic mass is 16.2. The summed E-state index contributed by atoms with van der Waals surface area (Å²) in [5.41, 5.74) is 1.77. The van der Waals surface area contributed by atoms with Gasteiger partial charge in [0.05, 0.1) is 11.5 Å². The quantitative estimate of drug-likeness (QED) is 0.893. The van der Waals surface area contributed by atoms with Crippen molar-refractivity contribution in [3.8, 4) is 0 Å². The van der Waals surface area contributed by atoms with Crippen LogP contribution in [-0.4, -0.2) is 41.9 Å². The summed E-state index contributed by atoms with van der Waals surface area (Å²) in [6, 6.07) is 8.36. The number of nitrogens with one attached hydrogen (secondary N) is 2. The first-order valence-corrected chi connectivity index (χ1v) is 9.10. The van der Waals surface area contributed by atoms with E-state index in [1.807, 2.05) is 30.0 Å². The summed E-state index contributed by atoms with van der Waals surface area (Å²) in [4.78, 5) is 26.8. The summed E-state index contributed by atoms with van der Waals surface area (Å²) in [5.74, 6) is 0.387. The maximum Gasteiger partial charge on any atom is 0.239 e. The molecule has 3 aliphatic rings. The van der Waals surface area contributed by atoms with E-state index in [0.717, 1.165) is 56.4 Å². The number of hydrogen-bond donors (Lipinski definition) is 2. The van der Waals surface area contributed by atoms with Crippen LogP contribution in [-0.2, 0) is 15.0 Å². The van der Waals surface area contributed by atoms with Crippen LogP contribution in [0.3, 0.4) is 0 Å². The van der Waals surface area contributed by atoms with Crippen molar-refractivity contribution >= 4 is 17.5 Å². The SMILES string of the molecule is CCN1CCC(NC2CCC3(CC2)C(=O)Nc2ccccc23)C1=O. The zero-order chi connectivity index (χ0) is 16.7. The van der Waals surface area contributed by atoms with Crippen molar-refractivity contribution in [1.29, 1.82) is 0 Å². The van der Waals surface area contributed by atoms with Gasteiger partial charge in [-0.15, -0.1) is 0 Å². The van der Waals surface area contributed by atoms with Gasteiger partial charge in [0.15, 0.2) is 0 Å². The Morgan fingerprint density at radius 1 is 1.21 bits per heavy atom. The number of fused-ring (bicyclic) bond motifs is 2. The summed E-state index contributed by atoms with van der Waals surface area (Å²) in [5, 5.41) is 6.60. The second kappa shape index (κ2) is 5.88. The van der Waals surface area contributed by atoms with Gasteiger partial charge in [-0.05, 0) is 50.7 Å². The molecule has 1 aromatic rings. The molecule has 2 heterocycles. The summed E-state index contributed by atoms with van der Waals surface area (Å²) in [6.45, 7) is 3.68. The van der Waals surface area contributed by atoms with Gasteiger partial charge >= 0.3 is 0 Å². The molecular formula is C19H25N3O2. The molecule has 2 N–H and O–H groups in total. The summed E-state index contributed by atoms with van der Waals surface area (Å²) < 4.78 is 0. The predicted octanol–water partition coefficient (Wildman–Crippen LogP) is 2.03. The second-order valence-electron chi connectivity index (χ2n) is 7.28. The number of benzene rings is 1. The molecule has 1 aliphatic carbocycles. The van der Waals surface area contributed by atoms with Crippen molar-refractivity contribution in [3.05, 3.63) is 29.8 Å². The predicted molar refractivity (Wildman–Crippen MR) is 92.8 cm³/mol. The Morgan fingerprint density at radius 3 is 2.67 bits per heavy atom. The fourth-order valence-electron chi connectivity index (χ4n) is 4.64. The first-order valence-electron chi connectivity index (χ1n) is 9.10. The van der Waals surface area contributed by atoms with E-state index in [1.165, 1.54) is 0 Å². The van der Waals surface area contributed by atoms with E-state index in [0.29, 0.717) is 6.04 Å². The molecule has 0 bridgehead atoms. The monoisotopic (exact) mass is 327 g/mol. The molecule has 128 valence electrons. The molecule has 2 amide bonds. The molecule has 0 radical (unpaired) electrons. The van der Waals surface area contributed by atoms with Gasteiger partial charge in [0.25, 0.3) is 0 Å². The Hall–Kier alpha value is -1.88. The topological polar surface area (TPSA) is 61.4 Å². The van der Waals surface area contributed by atoms with E-state index in [2.05, 4.69) is 16.7 Å². The number of carbonyl (C=O) groups is 2. The lowest BCUT2D eigenvalue weighted by Gasteiger charge is -2.37. The smallest absolute Gasteiger partial charge is 0.239 e. The van der Waals surface area contributed by atoms with Gasteiger partial charge in [-0.3, -0.25) is 9.59 Å². The second-order valence-corrected chi connectivity index (χ2v) is 7.28. The van der Waals surface area contributed by atoms with Crippen LogP contribution >= 0.6 is 0 Å². The molecule has 1 atom stereocenters. The van der Waals surface area contributed by atoms with Crippen LogP contribution < -0.4 is 10.6 Å². The van der Waals surface area contributed by atoms with E-state index in [4.69, 9.17) is 0 Å². The van der Waals surface area contributed by atoms with Crippen LogP contribution in [0.25, 0.3) is 0 Å². The molecule has 1 saturated heterocycles. The van der Waals surface area contributed by atoms with E-state index in [1.54, 1.807) is 0 Å². The van der Waals surface area contributed by atoms with Crippen LogP contribution in [0, 0.1) is 0 Å². The lowest BCUT2D eigenvalue weighted by molar-refractivity contribution is -0.129. The fourth-order valence-corrected chi connectivity index (χ4v) is 4.64. The fraction of sp³-hybridized carbons (Fsp3) is 0.579.